The van der Waals surface area contributed by atoms with Crippen LogP contribution >= 0.6 is 15.9 Å². The van der Waals surface area contributed by atoms with Gasteiger partial charge in [-0.15, -0.1) is 0 Å². The molecule has 0 N–H and O–H groups in total. The smallest absolute Gasteiger partial charge is 0.137 e. The van der Waals surface area contributed by atoms with E-state index in [0.29, 0.717) is 4.47 Å². The van der Waals surface area contributed by atoms with E-state index in [1.807, 2.05) is 0 Å². The van der Waals surface area contributed by atoms with Crippen molar-refractivity contribution in [3.05, 3.63) is 34.6 Å². The minimum atomic E-state index is -0.215. The monoisotopic (exact) mass is 220 g/mol. The second-order valence-corrected chi connectivity index (χ2v) is 2.68. The molecule has 3 heteroatoms. The molecule has 0 aliphatic carbocycles. The van der Waals surface area contributed by atoms with Gasteiger partial charge in [-0.1, -0.05) is 12.1 Å². The van der Waals surface area contributed by atoms with E-state index in [9.17, 15) is 4.39 Å². The summed E-state index contributed by atoms with van der Waals surface area (Å²) in [6.07, 6.45) is 0. The van der Waals surface area contributed by atoms with Crippen LogP contribution in [0.5, 0.6) is 0 Å². The molecule has 1 aromatic carbocycles. The van der Waals surface area contributed by atoms with E-state index in [1.54, 1.807) is 32.4 Å². The quantitative estimate of drug-likeness (QED) is 0.654. The molecule has 1 aromatic rings. The largest absolute Gasteiger partial charge is 0.388 e. The van der Waals surface area contributed by atoms with Crippen LogP contribution in [-0.2, 0) is 4.74 Å². The summed E-state index contributed by atoms with van der Waals surface area (Å²) < 4.78 is 17.0. The fourth-order valence-electron chi connectivity index (χ4n) is 0.439. The standard InChI is InChI=1S/C6H4BrF.C2H6O/c7-5-3-1-2-4-6(5)8;1-3-2/h1-4H;1-2H3. The zero-order chi connectivity index (χ0) is 8.69. The lowest BCUT2D eigenvalue weighted by Crippen LogP contribution is -1.70. The van der Waals surface area contributed by atoms with Crippen molar-refractivity contribution in [3.63, 3.8) is 0 Å². The second-order valence-electron chi connectivity index (χ2n) is 1.82. The fourth-order valence-corrected chi connectivity index (χ4v) is 0.724. The van der Waals surface area contributed by atoms with Crippen molar-refractivity contribution >= 4 is 15.9 Å². The van der Waals surface area contributed by atoms with Gasteiger partial charge in [-0.25, -0.2) is 4.39 Å². The first kappa shape index (κ1) is 10.6. The van der Waals surface area contributed by atoms with Crippen LogP contribution in [-0.4, -0.2) is 14.2 Å². The molecular weight excluding hydrogens is 211 g/mol. The van der Waals surface area contributed by atoms with E-state index in [-0.39, 0.29) is 5.82 Å². The van der Waals surface area contributed by atoms with Gasteiger partial charge in [0.25, 0.3) is 0 Å². The number of rotatable bonds is 0. The maximum Gasteiger partial charge on any atom is 0.137 e. The lowest BCUT2D eigenvalue weighted by molar-refractivity contribution is 0.277. The Hall–Kier alpha value is -0.410. The average molecular weight is 221 g/mol. The number of halogens is 2. The molecule has 0 saturated carbocycles. The molecule has 0 spiro atoms. The summed E-state index contributed by atoms with van der Waals surface area (Å²) in [5.41, 5.74) is 0. The summed E-state index contributed by atoms with van der Waals surface area (Å²) in [5, 5.41) is 0. The third-order valence-electron chi connectivity index (χ3n) is 0.824. The van der Waals surface area contributed by atoms with Crippen molar-refractivity contribution in [1.82, 2.24) is 0 Å². The molecule has 0 saturated heterocycles. The summed E-state index contributed by atoms with van der Waals surface area (Å²) in [7, 11) is 3.25. The number of ether oxygens (including phenoxy) is 1. The molecule has 0 bridgehead atoms. The molecule has 1 nitrogen and oxygen atoms in total. The molecule has 0 atom stereocenters. The predicted octanol–water partition coefficient (Wildman–Crippen LogP) is 2.85. The highest BCUT2D eigenvalue weighted by atomic mass is 79.9. The van der Waals surface area contributed by atoms with Gasteiger partial charge >= 0.3 is 0 Å². The zero-order valence-electron chi connectivity index (χ0n) is 6.47. The van der Waals surface area contributed by atoms with Crippen molar-refractivity contribution in [1.29, 1.82) is 0 Å². The van der Waals surface area contributed by atoms with Crippen LogP contribution in [0.4, 0.5) is 4.39 Å². The highest BCUT2D eigenvalue weighted by Crippen LogP contribution is 2.12. The molecule has 0 aromatic heterocycles. The van der Waals surface area contributed by atoms with Crippen molar-refractivity contribution in [3.8, 4) is 0 Å². The van der Waals surface area contributed by atoms with Crippen LogP contribution in [0.1, 0.15) is 0 Å². The van der Waals surface area contributed by atoms with Gasteiger partial charge in [0.15, 0.2) is 0 Å². The van der Waals surface area contributed by atoms with E-state index in [4.69, 9.17) is 0 Å². The summed E-state index contributed by atoms with van der Waals surface area (Å²) in [5.74, 6) is -0.215. The first-order valence-corrected chi connectivity index (χ1v) is 3.81. The number of methoxy groups -OCH3 is 1. The minimum Gasteiger partial charge on any atom is -0.388 e. The molecular formula is C8H10BrFO. The van der Waals surface area contributed by atoms with Crippen molar-refractivity contribution in [2.75, 3.05) is 14.2 Å². The van der Waals surface area contributed by atoms with E-state index < -0.39 is 0 Å². The number of benzene rings is 1. The lowest BCUT2D eigenvalue weighted by Gasteiger charge is -1.87. The van der Waals surface area contributed by atoms with Crippen LogP contribution in [0.3, 0.4) is 0 Å². The Bertz CT molecular complexity index is 182. The highest BCUT2D eigenvalue weighted by Gasteiger charge is 1.90. The highest BCUT2D eigenvalue weighted by molar-refractivity contribution is 9.10. The average Bonchev–Trinajstić information content (AvgIpc) is 1.97. The van der Waals surface area contributed by atoms with E-state index in [0.717, 1.165) is 0 Å². The molecule has 0 fully saturated rings. The van der Waals surface area contributed by atoms with Crippen molar-refractivity contribution in [2.45, 2.75) is 0 Å². The molecule has 0 aliphatic heterocycles. The molecule has 1 rings (SSSR count). The Morgan fingerprint density at radius 1 is 1.27 bits per heavy atom. The molecule has 0 heterocycles. The number of hydrogen-bond acceptors (Lipinski definition) is 1. The zero-order valence-corrected chi connectivity index (χ0v) is 8.06. The van der Waals surface area contributed by atoms with Gasteiger partial charge in [0, 0.05) is 14.2 Å². The van der Waals surface area contributed by atoms with Gasteiger partial charge in [-0.05, 0) is 28.1 Å². The SMILES string of the molecule is COC.Fc1ccccc1Br. The third-order valence-corrected chi connectivity index (χ3v) is 1.47. The predicted molar refractivity (Wildman–Crippen MR) is 47.0 cm³/mol. The summed E-state index contributed by atoms with van der Waals surface area (Å²) in [4.78, 5) is 0. The van der Waals surface area contributed by atoms with Crippen LogP contribution in [0, 0.1) is 5.82 Å². The molecule has 0 amide bonds. The number of hydrogen-bond donors (Lipinski definition) is 0. The summed E-state index contributed by atoms with van der Waals surface area (Å²) >= 11 is 3.02. The normalized spacial score (nSPS) is 8.36. The summed E-state index contributed by atoms with van der Waals surface area (Å²) in [6, 6.07) is 6.49. The Labute approximate surface area is 74.3 Å². The lowest BCUT2D eigenvalue weighted by atomic mass is 10.4. The first-order chi connectivity index (χ1) is 5.22. The third kappa shape index (κ3) is 4.93. The van der Waals surface area contributed by atoms with E-state index in [2.05, 4.69) is 20.7 Å². The van der Waals surface area contributed by atoms with Gasteiger partial charge in [-0.2, -0.15) is 0 Å². The second kappa shape index (κ2) is 6.31. The Balaban J connectivity index is 0.000000292. The van der Waals surface area contributed by atoms with Crippen LogP contribution in [0.2, 0.25) is 0 Å². The van der Waals surface area contributed by atoms with Gasteiger partial charge in [0.2, 0.25) is 0 Å². The van der Waals surface area contributed by atoms with Crippen LogP contribution < -0.4 is 0 Å². The van der Waals surface area contributed by atoms with Gasteiger partial charge < -0.3 is 4.74 Å². The van der Waals surface area contributed by atoms with Gasteiger partial charge in [0.1, 0.15) is 5.82 Å². The van der Waals surface area contributed by atoms with Crippen molar-refractivity contribution in [2.24, 2.45) is 0 Å². The van der Waals surface area contributed by atoms with E-state index in [1.165, 1.54) is 6.07 Å². The first-order valence-electron chi connectivity index (χ1n) is 3.02. The molecule has 0 aliphatic rings. The fraction of sp³-hybridized carbons (Fsp3) is 0.250. The Morgan fingerprint density at radius 3 is 2.00 bits per heavy atom. The minimum absolute atomic E-state index is 0.215. The maximum atomic E-state index is 12.3. The van der Waals surface area contributed by atoms with Gasteiger partial charge in [0.05, 0.1) is 4.47 Å². The Morgan fingerprint density at radius 2 is 1.73 bits per heavy atom. The Kier molecular flexibility index (Phi) is 6.07. The topological polar surface area (TPSA) is 9.23 Å². The van der Waals surface area contributed by atoms with E-state index >= 15 is 0 Å². The molecule has 0 unspecified atom stereocenters. The summed E-state index contributed by atoms with van der Waals surface area (Å²) in [6.45, 7) is 0. The van der Waals surface area contributed by atoms with Gasteiger partial charge in [-0.3, -0.25) is 0 Å². The molecule has 0 radical (unpaired) electrons. The van der Waals surface area contributed by atoms with Crippen LogP contribution in [0.25, 0.3) is 0 Å². The van der Waals surface area contributed by atoms with Crippen LogP contribution in [0.15, 0.2) is 28.7 Å². The maximum absolute atomic E-state index is 12.3. The molecule has 11 heavy (non-hydrogen) atoms. The van der Waals surface area contributed by atoms with Crippen molar-refractivity contribution < 1.29 is 9.13 Å². The molecule has 62 valence electrons.